The number of benzene rings is 4. The summed E-state index contributed by atoms with van der Waals surface area (Å²) in [5, 5.41) is 14.6. The summed E-state index contributed by atoms with van der Waals surface area (Å²) in [4.78, 5) is 59.7. The van der Waals surface area contributed by atoms with Crippen LogP contribution in [0, 0.1) is 34.9 Å². The van der Waals surface area contributed by atoms with E-state index < -0.39 is 52.6 Å². The molecular weight excluding hydrogens is 673 g/mol. The molecule has 2 aliphatic heterocycles. The third-order valence-electron chi connectivity index (χ3n) is 11.2. The SMILES string of the molecule is COc1cccc(C2C3=CCC4C(=O)N(c5ccc(Nc6ccccc6)cc5)C(=O)C4C3CC3C(=O)N(c4ccc(F)c(Cl)c4)C(=O)C32C)c1O. The molecule has 4 aromatic rings. The van der Waals surface area contributed by atoms with Crippen molar-refractivity contribution in [3.05, 3.63) is 119 Å². The molecule has 2 aliphatic carbocycles. The number of nitrogens with zero attached hydrogens (tertiary/aromatic N) is 2. The third-order valence-corrected chi connectivity index (χ3v) is 11.5. The molecule has 9 nitrogen and oxygen atoms in total. The fraction of sp³-hybridized carbons (Fsp3) is 0.250. The standard InChI is InChI=1S/C40H33ClFN3O6/c1-40-29(37(48)45(39(40)50)24-15-18-31(42)30(41)19-24)20-28-25(34(40)27-9-6-10-32(51-2)35(27)46)16-17-26-33(28)38(49)44(36(26)47)23-13-11-22(12-14-23)43-21-7-4-3-5-8-21/h3-16,18-19,26,28-29,33-34,43,46H,17,20H2,1-2H3. The smallest absolute Gasteiger partial charge is 0.241 e. The van der Waals surface area contributed by atoms with Crippen molar-refractivity contribution in [3.8, 4) is 11.5 Å². The highest BCUT2D eigenvalue weighted by atomic mass is 35.5. The monoisotopic (exact) mass is 705 g/mol. The molecule has 51 heavy (non-hydrogen) atoms. The molecule has 4 aliphatic rings. The Labute approximate surface area is 298 Å². The molecule has 258 valence electrons. The maximum Gasteiger partial charge on any atom is 0.241 e. The number of halogens is 2. The first-order valence-electron chi connectivity index (χ1n) is 16.7. The minimum Gasteiger partial charge on any atom is -0.504 e. The predicted octanol–water partition coefficient (Wildman–Crippen LogP) is 7.37. The van der Waals surface area contributed by atoms with Crippen LogP contribution in [0.1, 0.15) is 31.2 Å². The van der Waals surface area contributed by atoms with E-state index in [4.69, 9.17) is 16.3 Å². The highest BCUT2D eigenvalue weighted by Gasteiger charge is 2.68. The third kappa shape index (κ3) is 4.87. The van der Waals surface area contributed by atoms with E-state index in [1.165, 1.54) is 24.1 Å². The first kappa shape index (κ1) is 32.7. The fourth-order valence-corrected chi connectivity index (χ4v) is 8.98. The maximum absolute atomic E-state index is 14.6. The topological polar surface area (TPSA) is 116 Å². The summed E-state index contributed by atoms with van der Waals surface area (Å²) < 4.78 is 19.6. The van der Waals surface area contributed by atoms with Crippen LogP contribution in [0.15, 0.2) is 103 Å². The maximum atomic E-state index is 14.6. The van der Waals surface area contributed by atoms with Gasteiger partial charge < -0.3 is 15.2 Å². The second kappa shape index (κ2) is 12.1. The number of rotatable bonds is 6. The molecule has 6 unspecified atom stereocenters. The lowest BCUT2D eigenvalue weighted by atomic mass is 9.51. The van der Waals surface area contributed by atoms with E-state index in [-0.39, 0.29) is 46.9 Å². The summed E-state index contributed by atoms with van der Waals surface area (Å²) >= 11 is 6.10. The van der Waals surface area contributed by atoms with Crippen molar-refractivity contribution in [2.24, 2.45) is 29.1 Å². The second-order valence-corrected chi connectivity index (χ2v) is 14.1. The van der Waals surface area contributed by atoms with Gasteiger partial charge in [-0.2, -0.15) is 0 Å². The molecule has 0 spiro atoms. The van der Waals surface area contributed by atoms with Gasteiger partial charge in [0.05, 0.1) is 46.7 Å². The van der Waals surface area contributed by atoms with E-state index in [2.05, 4.69) is 5.32 Å². The quantitative estimate of drug-likeness (QED) is 0.159. The number of aromatic hydroxyl groups is 1. The summed E-state index contributed by atoms with van der Waals surface area (Å²) in [5.74, 6) is -6.29. The molecule has 1 saturated carbocycles. The largest absolute Gasteiger partial charge is 0.504 e. The lowest BCUT2D eigenvalue weighted by molar-refractivity contribution is -0.131. The number of phenols is 1. The Morgan fingerprint density at radius 1 is 0.843 bits per heavy atom. The number of hydrogen-bond donors (Lipinski definition) is 2. The van der Waals surface area contributed by atoms with Gasteiger partial charge in [-0.05, 0) is 86.3 Å². The number of nitrogens with one attached hydrogen (secondary N) is 1. The molecule has 11 heteroatoms. The van der Waals surface area contributed by atoms with Crippen molar-refractivity contribution in [2.45, 2.75) is 25.7 Å². The number of hydrogen-bond acceptors (Lipinski definition) is 7. The number of fused-ring (bicyclic) bond motifs is 4. The number of carbonyl (C=O) groups excluding carboxylic acids is 4. The van der Waals surface area contributed by atoms with Crippen LogP contribution in [-0.2, 0) is 19.2 Å². The van der Waals surface area contributed by atoms with Crippen LogP contribution in [0.25, 0.3) is 0 Å². The van der Waals surface area contributed by atoms with Crippen molar-refractivity contribution in [1.29, 1.82) is 0 Å². The van der Waals surface area contributed by atoms with Crippen molar-refractivity contribution in [2.75, 3.05) is 22.2 Å². The molecule has 2 N–H and O–H groups in total. The van der Waals surface area contributed by atoms with Gasteiger partial charge in [0.1, 0.15) is 5.82 Å². The molecule has 0 bridgehead atoms. The Balaban J connectivity index is 1.19. The minimum absolute atomic E-state index is 0.119. The van der Waals surface area contributed by atoms with Crippen molar-refractivity contribution in [1.82, 2.24) is 0 Å². The molecule has 8 rings (SSSR count). The number of carbonyl (C=O) groups is 4. The average Bonchev–Trinajstić information content (AvgIpc) is 3.50. The number of ether oxygens (including phenoxy) is 1. The van der Waals surface area contributed by atoms with Gasteiger partial charge in [-0.25, -0.2) is 9.29 Å². The zero-order valence-corrected chi connectivity index (χ0v) is 28.4. The summed E-state index contributed by atoms with van der Waals surface area (Å²) in [7, 11) is 1.42. The second-order valence-electron chi connectivity index (χ2n) is 13.7. The molecule has 0 radical (unpaired) electrons. The fourth-order valence-electron chi connectivity index (χ4n) is 8.80. The molecule has 4 amide bonds. The van der Waals surface area contributed by atoms with Gasteiger partial charge in [-0.3, -0.25) is 24.1 Å². The molecule has 2 heterocycles. The summed E-state index contributed by atoms with van der Waals surface area (Å²) in [6.45, 7) is 1.70. The zero-order chi connectivity index (χ0) is 35.8. The van der Waals surface area contributed by atoms with Crippen LogP contribution in [0.2, 0.25) is 5.02 Å². The summed E-state index contributed by atoms with van der Waals surface area (Å²) in [6.07, 6.45) is 2.27. The highest BCUT2D eigenvalue weighted by molar-refractivity contribution is 6.32. The zero-order valence-electron chi connectivity index (χ0n) is 27.7. The number of anilines is 4. The molecule has 4 aromatic carbocycles. The summed E-state index contributed by atoms with van der Waals surface area (Å²) in [6, 6.07) is 25.3. The van der Waals surface area contributed by atoms with E-state index >= 15 is 0 Å². The molecule has 2 saturated heterocycles. The number of allylic oxidation sites excluding steroid dienone is 2. The molecule has 6 atom stereocenters. The Morgan fingerprint density at radius 3 is 2.25 bits per heavy atom. The van der Waals surface area contributed by atoms with E-state index in [0.29, 0.717) is 16.8 Å². The highest BCUT2D eigenvalue weighted by Crippen LogP contribution is 2.65. The van der Waals surface area contributed by atoms with Gasteiger partial charge in [0.2, 0.25) is 23.6 Å². The number of phenolic OH excluding ortho intramolecular Hbond substituents is 1. The molecule has 3 fully saturated rings. The Kier molecular flexibility index (Phi) is 7.75. The predicted molar refractivity (Wildman–Crippen MR) is 189 cm³/mol. The van der Waals surface area contributed by atoms with E-state index in [1.807, 2.05) is 36.4 Å². The van der Waals surface area contributed by atoms with E-state index in [9.17, 15) is 28.7 Å². The number of para-hydroxylation sites is 2. The lowest BCUT2D eigenvalue weighted by Gasteiger charge is -2.49. The number of amides is 4. The number of imide groups is 2. The lowest BCUT2D eigenvalue weighted by Crippen LogP contribution is -2.48. The van der Waals surface area contributed by atoms with E-state index in [0.717, 1.165) is 22.3 Å². The Bertz CT molecular complexity index is 2160. The Hall–Kier alpha value is -5.48. The van der Waals surface area contributed by atoms with Crippen LogP contribution >= 0.6 is 11.6 Å². The van der Waals surface area contributed by atoms with Gasteiger partial charge >= 0.3 is 0 Å². The van der Waals surface area contributed by atoms with Crippen LogP contribution in [0.3, 0.4) is 0 Å². The van der Waals surface area contributed by atoms with Crippen LogP contribution in [-0.4, -0.2) is 35.8 Å². The van der Waals surface area contributed by atoms with Crippen LogP contribution < -0.4 is 19.9 Å². The van der Waals surface area contributed by atoms with Gasteiger partial charge in [-0.15, -0.1) is 0 Å². The minimum atomic E-state index is -1.41. The van der Waals surface area contributed by atoms with Crippen molar-refractivity contribution >= 4 is 58.0 Å². The van der Waals surface area contributed by atoms with E-state index in [1.54, 1.807) is 49.4 Å². The first-order valence-corrected chi connectivity index (χ1v) is 17.1. The first-order chi connectivity index (χ1) is 24.5. The number of methoxy groups -OCH3 is 1. The Morgan fingerprint density at radius 2 is 1.55 bits per heavy atom. The van der Waals surface area contributed by atoms with Gasteiger partial charge in [-0.1, -0.05) is 53.6 Å². The average molecular weight is 706 g/mol. The van der Waals surface area contributed by atoms with Gasteiger partial charge in [0, 0.05) is 22.9 Å². The normalized spacial score (nSPS) is 26.8. The molecule has 0 aromatic heterocycles. The van der Waals surface area contributed by atoms with Crippen LogP contribution in [0.4, 0.5) is 27.1 Å². The van der Waals surface area contributed by atoms with Crippen molar-refractivity contribution < 1.29 is 33.4 Å². The van der Waals surface area contributed by atoms with Gasteiger partial charge in [0.15, 0.2) is 11.5 Å². The van der Waals surface area contributed by atoms with Crippen molar-refractivity contribution in [3.63, 3.8) is 0 Å². The molecular formula is C40H33ClFN3O6. The van der Waals surface area contributed by atoms with Gasteiger partial charge in [0.25, 0.3) is 0 Å². The summed E-state index contributed by atoms with van der Waals surface area (Å²) in [5.41, 5.74) is 1.91. The van der Waals surface area contributed by atoms with Crippen LogP contribution in [0.5, 0.6) is 11.5 Å².